The maximum absolute atomic E-state index is 8.87. The van der Waals surface area contributed by atoms with Crippen LogP contribution in [0.3, 0.4) is 0 Å². The smallest absolute Gasteiger partial charge is 0.142 e. The van der Waals surface area contributed by atoms with Crippen molar-refractivity contribution in [3.05, 3.63) is 53.3 Å². The number of anilines is 2. The van der Waals surface area contributed by atoms with Gasteiger partial charge in [-0.05, 0) is 42.3 Å². The number of benzene rings is 1. The van der Waals surface area contributed by atoms with Crippen LogP contribution in [0.15, 0.2) is 36.5 Å². The lowest BCUT2D eigenvalue weighted by Crippen LogP contribution is -2.24. The first-order chi connectivity index (χ1) is 9.36. The molecule has 0 saturated heterocycles. The van der Waals surface area contributed by atoms with Crippen molar-refractivity contribution in [3.63, 3.8) is 0 Å². The highest BCUT2D eigenvalue weighted by atomic mass is 14.9. The quantitative estimate of drug-likeness (QED) is 0.858. The van der Waals surface area contributed by atoms with Crippen LogP contribution in [0.1, 0.15) is 16.8 Å². The van der Waals surface area contributed by atoms with E-state index in [9.17, 15) is 0 Å². The minimum absolute atomic E-state index is 0.427. The summed E-state index contributed by atoms with van der Waals surface area (Å²) in [7, 11) is 0. The van der Waals surface area contributed by atoms with Gasteiger partial charge >= 0.3 is 0 Å². The third-order valence-electron chi connectivity index (χ3n) is 3.29. The summed E-state index contributed by atoms with van der Waals surface area (Å²) in [6, 6.07) is 12.0. The summed E-state index contributed by atoms with van der Waals surface area (Å²) >= 11 is 0. The summed E-state index contributed by atoms with van der Waals surface area (Å²) in [6.07, 6.45) is 2.67. The van der Waals surface area contributed by atoms with Gasteiger partial charge < -0.3 is 10.6 Å². The van der Waals surface area contributed by atoms with Crippen LogP contribution in [0, 0.1) is 11.3 Å². The summed E-state index contributed by atoms with van der Waals surface area (Å²) in [5.74, 6) is 0. The summed E-state index contributed by atoms with van der Waals surface area (Å²) < 4.78 is 0. The fraction of sp³-hybridized carbons (Fsp3) is 0.200. The Bertz CT molecular complexity index is 643. The van der Waals surface area contributed by atoms with E-state index < -0.39 is 0 Å². The van der Waals surface area contributed by atoms with E-state index in [1.807, 2.05) is 6.07 Å². The topological polar surface area (TPSA) is 60.7 Å². The molecule has 1 aliphatic rings. The maximum Gasteiger partial charge on any atom is 0.142 e. The molecular formula is C15H14N4. The van der Waals surface area contributed by atoms with Crippen LogP contribution < -0.4 is 10.6 Å². The lowest BCUT2D eigenvalue weighted by Gasteiger charge is -2.21. The number of hydrogen-bond donors (Lipinski definition) is 2. The number of rotatable bonds is 2. The molecule has 0 unspecified atom stereocenters. The van der Waals surface area contributed by atoms with Gasteiger partial charge in [-0.2, -0.15) is 5.26 Å². The van der Waals surface area contributed by atoms with Crippen molar-refractivity contribution >= 4 is 11.4 Å². The molecular weight excluding hydrogens is 236 g/mol. The number of nitriles is 1. The third-order valence-corrected chi connectivity index (χ3v) is 3.29. The van der Waals surface area contributed by atoms with Crippen molar-refractivity contribution in [2.24, 2.45) is 0 Å². The fourth-order valence-electron chi connectivity index (χ4n) is 2.37. The second kappa shape index (κ2) is 5.09. The molecule has 0 atom stereocenters. The van der Waals surface area contributed by atoms with Crippen LogP contribution in [-0.4, -0.2) is 11.5 Å². The van der Waals surface area contributed by atoms with Gasteiger partial charge in [0.15, 0.2) is 0 Å². The Morgan fingerprint density at radius 2 is 2.26 bits per heavy atom. The van der Waals surface area contributed by atoms with E-state index in [-0.39, 0.29) is 0 Å². The normalized spacial score (nSPS) is 13.4. The molecule has 4 heteroatoms. The Balaban J connectivity index is 1.93. The van der Waals surface area contributed by atoms with Crippen molar-refractivity contribution in [3.8, 4) is 6.07 Å². The Labute approximate surface area is 112 Å². The monoisotopic (exact) mass is 250 g/mol. The highest BCUT2D eigenvalue weighted by Crippen LogP contribution is 2.26. The summed E-state index contributed by atoms with van der Waals surface area (Å²) in [5.41, 5.74) is 5.14. The molecule has 1 aliphatic heterocycles. The zero-order valence-electron chi connectivity index (χ0n) is 10.5. The van der Waals surface area contributed by atoms with Crippen molar-refractivity contribution in [2.45, 2.75) is 13.0 Å². The zero-order chi connectivity index (χ0) is 13.1. The Morgan fingerprint density at radius 1 is 1.32 bits per heavy atom. The van der Waals surface area contributed by atoms with Crippen LogP contribution in [0.5, 0.6) is 0 Å². The predicted octanol–water partition coefficient (Wildman–Crippen LogP) is 2.34. The second-order valence-electron chi connectivity index (χ2n) is 4.54. The standard InChI is InChI=1S/C15H14N4/c16-9-13-8-12(4-7-18-13)19-15-3-1-2-11-10-17-6-5-14(11)15/h1-4,7-8,17H,5-6,10H2,(H,18,19). The van der Waals surface area contributed by atoms with E-state index >= 15 is 0 Å². The molecule has 0 saturated carbocycles. The molecule has 0 bridgehead atoms. The second-order valence-corrected chi connectivity index (χ2v) is 4.54. The first-order valence-corrected chi connectivity index (χ1v) is 6.31. The number of fused-ring (bicyclic) bond motifs is 1. The molecule has 1 aromatic carbocycles. The van der Waals surface area contributed by atoms with Gasteiger partial charge in [-0.15, -0.1) is 0 Å². The van der Waals surface area contributed by atoms with E-state index in [1.165, 1.54) is 11.1 Å². The maximum atomic E-state index is 8.87. The van der Waals surface area contributed by atoms with Gasteiger partial charge in [0.2, 0.25) is 0 Å². The van der Waals surface area contributed by atoms with Gasteiger partial charge in [0.05, 0.1) is 0 Å². The van der Waals surface area contributed by atoms with Crippen LogP contribution in [0.4, 0.5) is 11.4 Å². The Hall–Kier alpha value is -2.38. The molecule has 0 radical (unpaired) electrons. The van der Waals surface area contributed by atoms with Gasteiger partial charge in [-0.1, -0.05) is 12.1 Å². The first-order valence-electron chi connectivity index (χ1n) is 6.31. The van der Waals surface area contributed by atoms with E-state index in [2.05, 4.69) is 39.9 Å². The molecule has 0 spiro atoms. The molecule has 3 rings (SSSR count). The highest BCUT2D eigenvalue weighted by Gasteiger charge is 2.12. The summed E-state index contributed by atoms with van der Waals surface area (Å²) in [4.78, 5) is 3.98. The fourth-order valence-corrected chi connectivity index (χ4v) is 2.37. The van der Waals surface area contributed by atoms with Crippen molar-refractivity contribution in [1.29, 1.82) is 5.26 Å². The highest BCUT2D eigenvalue weighted by molar-refractivity contribution is 5.65. The van der Waals surface area contributed by atoms with Gasteiger partial charge in [0, 0.05) is 24.1 Å². The van der Waals surface area contributed by atoms with Crippen LogP contribution in [-0.2, 0) is 13.0 Å². The third kappa shape index (κ3) is 2.42. The molecule has 0 aliphatic carbocycles. The molecule has 2 aromatic rings. The molecule has 0 fully saturated rings. The average molecular weight is 250 g/mol. The van der Waals surface area contributed by atoms with Crippen molar-refractivity contribution in [2.75, 3.05) is 11.9 Å². The van der Waals surface area contributed by atoms with E-state index in [0.29, 0.717) is 5.69 Å². The number of hydrogen-bond acceptors (Lipinski definition) is 4. The number of nitrogens with one attached hydrogen (secondary N) is 2. The number of aromatic nitrogens is 1. The van der Waals surface area contributed by atoms with Gasteiger partial charge in [0.1, 0.15) is 11.8 Å². The largest absolute Gasteiger partial charge is 0.355 e. The lowest BCUT2D eigenvalue weighted by atomic mass is 9.99. The van der Waals surface area contributed by atoms with E-state index in [4.69, 9.17) is 5.26 Å². The number of pyridine rings is 1. The van der Waals surface area contributed by atoms with Gasteiger partial charge in [0.25, 0.3) is 0 Å². The van der Waals surface area contributed by atoms with Gasteiger partial charge in [-0.25, -0.2) is 4.98 Å². The average Bonchev–Trinajstić information content (AvgIpc) is 2.48. The molecule has 94 valence electrons. The Morgan fingerprint density at radius 3 is 3.16 bits per heavy atom. The zero-order valence-corrected chi connectivity index (χ0v) is 10.5. The van der Waals surface area contributed by atoms with Crippen LogP contribution >= 0.6 is 0 Å². The minimum Gasteiger partial charge on any atom is -0.355 e. The molecule has 0 amide bonds. The summed E-state index contributed by atoms with van der Waals surface area (Å²) in [5, 5.41) is 15.6. The molecule has 19 heavy (non-hydrogen) atoms. The molecule has 2 N–H and O–H groups in total. The number of nitrogens with zero attached hydrogens (tertiary/aromatic N) is 2. The Kier molecular flexibility index (Phi) is 3.13. The predicted molar refractivity (Wildman–Crippen MR) is 74.1 cm³/mol. The van der Waals surface area contributed by atoms with Crippen LogP contribution in [0.25, 0.3) is 0 Å². The van der Waals surface area contributed by atoms with Crippen molar-refractivity contribution in [1.82, 2.24) is 10.3 Å². The minimum atomic E-state index is 0.427. The summed E-state index contributed by atoms with van der Waals surface area (Å²) in [6.45, 7) is 1.93. The van der Waals surface area contributed by atoms with E-state index in [0.717, 1.165) is 30.9 Å². The first kappa shape index (κ1) is 11.7. The molecule has 4 nitrogen and oxygen atoms in total. The molecule has 1 aromatic heterocycles. The SMILES string of the molecule is N#Cc1cc(Nc2cccc3c2CCNC3)ccn1. The van der Waals surface area contributed by atoms with Crippen molar-refractivity contribution < 1.29 is 0 Å². The van der Waals surface area contributed by atoms with Gasteiger partial charge in [-0.3, -0.25) is 0 Å². The molecule has 2 heterocycles. The van der Waals surface area contributed by atoms with E-state index in [1.54, 1.807) is 12.3 Å². The lowest BCUT2D eigenvalue weighted by molar-refractivity contribution is 0.645. The van der Waals surface area contributed by atoms with Crippen LogP contribution in [0.2, 0.25) is 0 Å².